The van der Waals surface area contributed by atoms with Gasteiger partial charge in [-0.05, 0) is 18.2 Å². The van der Waals surface area contributed by atoms with Gasteiger partial charge in [-0.3, -0.25) is 0 Å². The molecule has 2 aromatic rings. The van der Waals surface area contributed by atoms with Crippen LogP contribution >= 0.6 is 11.6 Å². The zero-order chi connectivity index (χ0) is 14.0. The Bertz CT molecular complexity index is 668. The number of rotatable bonds is 2. The highest BCUT2D eigenvalue weighted by atomic mass is 35.5. The molecule has 0 saturated heterocycles. The number of hydrogen-bond donors (Lipinski definition) is 0. The van der Waals surface area contributed by atoms with Gasteiger partial charge in [0.15, 0.2) is 5.69 Å². The van der Waals surface area contributed by atoms with Crippen molar-refractivity contribution in [1.29, 1.82) is 5.26 Å². The molecule has 0 aliphatic carbocycles. The highest BCUT2D eigenvalue weighted by molar-refractivity contribution is 6.33. The summed E-state index contributed by atoms with van der Waals surface area (Å²) in [5.74, 6) is -0.536. The maximum atomic E-state index is 12.9. The first kappa shape index (κ1) is 13.3. The fourth-order valence-electron chi connectivity index (χ4n) is 1.47. The molecule has 2 rings (SSSR count). The normalized spacial score (nSPS) is 10.5. The SMILES string of the molecule is N#Cc1nc(-c2ccc(F)cc2Cl)cnc1C(F)F. The Balaban J connectivity index is 2.55. The summed E-state index contributed by atoms with van der Waals surface area (Å²) in [6.45, 7) is 0. The van der Waals surface area contributed by atoms with Crippen LogP contribution in [0.3, 0.4) is 0 Å². The summed E-state index contributed by atoms with van der Waals surface area (Å²) in [5, 5.41) is 8.83. The lowest BCUT2D eigenvalue weighted by molar-refractivity contribution is 0.145. The van der Waals surface area contributed by atoms with Crippen LogP contribution in [0, 0.1) is 17.1 Å². The van der Waals surface area contributed by atoms with Crippen molar-refractivity contribution in [2.75, 3.05) is 0 Å². The van der Waals surface area contributed by atoms with Crippen molar-refractivity contribution in [3.63, 3.8) is 0 Å². The van der Waals surface area contributed by atoms with Gasteiger partial charge in [0.25, 0.3) is 6.43 Å². The Morgan fingerprint density at radius 2 is 2.05 bits per heavy atom. The molecule has 0 fully saturated rings. The maximum Gasteiger partial charge on any atom is 0.283 e. The molecule has 0 aliphatic heterocycles. The van der Waals surface area contributed by atoms with Crippen LogP contribution in [0.5, 0.6) is 0 Å². The van der Waals surface area contributed by atoms with Crippen LogP contribution in [0.1, 0.15) is 17.8 Å². The van der Waals surface area contributed by atoms with Crippen LogP contribution in [-0.4, -0.2) is 9.97 Å². The topological polar surface area (TPSA) is 49.6 Å². The molecule has 0 saturated carbocycles. The summed E-state index contributed by atoms with van der Waals surface area (Å²) in [6, 6.07) is 5.10. The smallest absolute Gasteiger partial charge is 0.250 e. The molecule has 1 aromatic carbocycles. The van der Waals surface area contributed by atoms with Gasteiger partial charge in [-0.15, -0.1) is 0 Å². The molecular formula is C12H5ClF3N3. The van der Waals surface area contributed by atoms with Gasteiger partial charge in [0.1, 0.15) is 17.6 Å². The van der Waals surface area contributed by atoms with Crippen LogP contribution in [0.4, 0.5) is 13.2 Å². The van der Waals surface area contributed by atoms with Crippen molar-refractivity contribution in [1.82, 2.24) is 9.97 Å². The summed E-state index contributed by atoms with van der Waals surface area (Å²) in [5.41, 5.74) is -0.726. The van der Waals surface area contributed by atoms with Crippen molar-refractivity contribution in [2.45, 2.75) is 6.43 Å². The summed E-state index contributed by atoms with van der Waals surface area (Å²) in [4.78, 5) is 7.26. The van der Waals surface area contributed by atoms with Crippen LogP contribution in [-0.2, 0) is 0 Å². The Morgan fingerprint density at radius 3 is 2.63 bits per heavy atom. The molecule has 1 aromatic heterocycles. The van der Waals surface area contributed by atoms with E-state index in [2.05, 4.69) is 9.97 Å². The lowest BCUT2D eigenvalue weighted by Crippen LogP contribution is -2.00. The number of benzene rings is 1. The van der Waals surface area contributed by atoms with E-state index in [1.54, 1.807) is 6.07 Å². The Morgan fingerprint density at radius 1 is 1.32 bits per heavy atom. The zero-order valence-corrected chi connectivity index (χ0v) is 10.00. The minimum Gasteiger partial charge on any atom is -0.250 e. The molecule has 0 spiro atoms. The molecule has 0 amide bonds. The maximum absolute atomic E-state index is 12.9. The first-order valence-corrected chi connectivity index (χ1v) is 5.41. The van der Waals surface area contributed by atoms with E-state index in [0.29, 0.717) is 5.56 Å². The zero-order valence-electron chi connectivity index (χ0n) is 9.24. The molecule has 7 heteroatoms. The average molecular weight is 284 g/mol. The van der Waals surface area contributed by atoms with E-state index in [9.17, 15) is 13.2 Å². The summed E-state index contributed by atoms with van der Waals surface area (Å²) >= 11 is 5.82. The molecule has 1 heterocycles. The van der Waals surface area contributed by atoms with E-state index >= 15 is 0 Å². The third kappa shape index (κ3) is 2.66. The van der Waals surface area contributed by atoms with Gasteiger partial charge >= 0.3 is 0 Å². The number of nitriles is 1. The van der Waals surface area contributed by atoms with Gasteiger partial charge in [-0.25, -0.2) is 23.1 Å². The number of nitrogens with zero attached hydrogens (tertiary/aromatic N) is 3. The Kier molecular flexibility index (Phi) is 3.67. The van der Waals surface area contributed by atoms with E-state index in [0.717, 1.165) is 18.3 Å². The second kappa shape index (κ2) is 5.24. The number of aromatic nitrogens is 2. The predicted molar refractivity (Wildman–Crippen MR) is 62.1 cm³/mol. The molecule has 3 nitrogen and oxygen atoms in total. The van der Waals surface area contributed by atoms with Gasteiger partial charge in [0, 0.05) is 5.56 Å². The molecule has 0 radical (unpaired) electrons. The van der Waals surface area contributed by atoms with Crippen molar-refractivity contribution in [3.8, 4) is 17.3 Å². The molecule has 96 valence electrons. The lowest BCUT2D eigenvalue weighted by Gasteiger charge is -2.06. The molecule has 19 heavy (non-hydrogen) atoms. The highest BCUT2D eigenvalue weighted by Gasteiger charge is 2.18. The van der Waals surface area contributed by atoms with Gasteiger partial charge < -0.3 is 0 Å². The van der Waals surface area contributed by atoms with E-state index in [4.69, 9.17) is 16.9 Å². The van der Waals surface area contributed by atoms with E-state index in [1.807, 2.05) is 0 Å². The third-order valence-corrected chi connectivity index (χ3v) is 2.63. The predicted octanol–water partition coefficient (Wildman–Crippen LogP) is 3.75. The molecule has 0 atom stereocenters. The molecule has 0 N–H and O–H groups in total. The summed E-state index contributed by atoms with van der Waals surface area (Å²) in [7, 11) is 0. The number of hydrogen-bond acceptors (Lipinski definition) is 3. The average Bonchev–Trinajstić information content (AvgIpc) is 2.37. The molecule has 0 aliphatic rings. The molecule has 0 unspecified atom stereocenters. The van der Waals surface area contributed by atoms with Crippen molar-refractivity contribution >= 4 is 11.6 Å². The first-order valence-electron chi connectivity index (χ1n) is 5.03. The Hall–Kier alpha value is -2.13. The van der Waals surface area contributed by atoms with Crippen LogP contribution in [0.2, 0.25) is 5.02 Å². The fourth-order valence-corrected chi connectivity index (χ4v) is 1.73. The monoisotopic (exact) mass is 283 g/mol. The van der Waals surface area contributed by atoms with Crippen molar-refractivity contribution < 1.29 is 13.2 Å². The van der Waals surface area contributed by atoms with E-state index < -0.39 is 23.6 Å². The van der Waals surface area contributed by atoms with Gasteiger partial charge in [-0.2, -0.15) is 5.26 Å². The van der Waals surface area contributed by atoms with Crippen molar-refractivity contribution in [2.24, 2.45) is 0 Å². The standard InChI is InChI=1S/C12H5ClF3N3/c13-8-3-6(14)1-2-7(8)10-5-18-11(12(15)16)9(4-17)19-10/h1-3,5,12H. The van der Waals surface area contributed by atoms with Crippen molar-refractivity contribution in [3.05, 3.63) is 46.6 Å². The fraction of sp³-hybridized carbons (Fsp3) is 0.0833. The second-order valence-corrected chi connectivity index (χ2v) is 3.93. The van der Waals surface area contributed by atoms with E-state index in [1.165, 1.54) is 6.07 Å². The largest absolute Gasteiger partial charge is 0.283 e. The van der Waals surface area contributed by atoms with Gasteiger partial charge in [0.05, 0.1) is 16.9 Å². The van der Waals surface area contributed by atoms with Crippen LogP contribution in [0.15, 0.2) is 24.4 Å². The number of halogens is 4. The number of alkyl halides is 2. The van der Waals surface area contributed by atoms with Crippen LogP contribution < -0.4 is 0 Å². The Labute approximate surface area is 111 Å². The third-order valence-electron chi connectivity index (χ3n) is 2.32. The summed E-state index contributed by atoms with van der Waals surface area (Å²) < 4.78 is 38.0. The van der Waals surface area contributed by atoms with Crippen LogP contribution in [0.25, 0.3) is 11.3 Å². The first-order chi connectivity index (χ1) is 9.02. The highest BCUT2D eigenvalue weighted by Crippen LogP contribution is 2.28. The van der Waals surface area contributed by atoms with E-state index in [-0.39, 0.29) is 10.7 Å². The second-order valence-electron chi connectivity index (χ2n) is 3.53. The molecule has 0 bridgehead atoms. The van der Waals surface area contributed by atoms with Gasteiger partial charge in [-0.1, -0.05) is 11.6 Å². The quantitative estimate of drug-likeness (QED) is 0.843. The lowest BCUT2D eigenvalue weighted by atomic mass is 10.1. The minimum atomic E-state index is -2.89. The van der Waals surface area contributed by atoms with Gasteiger partial charge in [0.2, 0.25) is 0 Å². The summed E-state index contributed by atoms with van der Waals surface area (Å²) in [6.07, 6.45) is -1.82. The minimum absolute atomic E-state index is 0.0583. The molecular weight excluding hydrogens is 279 g/mol.